The van der Waals surface area contributed by atoms with E-state index >= 15 is 0 Å². The Kier molecular flexibility index (Phi) is 4.21. The molecule has 0 amide bonds. The van der Waals surface area contributed by atoms with Crippen molar-refractivity contribution in [3.05, 3.63) is 36.5 Å². The van der Waals surface area contributed by atoms with Crippen LogP contribution in [0.3, 0.4) is 0 Å². The third-order valence-corrected chi connectivity index (χ3v) is 3.25. The first-order chi connectivity index (χ1) is 8.31. The van der Waals surface area contributed by atoms with Crippen molar-refractivity contribution < 1.29 is 0 Å². The molecule has 17 heavy (non-hydrogen) atoms. The van der Waals surface area contributed by atoms with Crippen molar-refractivity contribution >= 4 is 10.9 Å². The molecular formula is C15H22N2. The summed E-state index contributed by atoms with van der Waals surface area (Å²) >= 11 is 0. The van der Waals surface area contributed by atoms with Gasteiger partial charge in [0.2, 0.25) is 0 Å². The number of hydrogen-bond acceptors (Lipinski definition) is 1. The molecule has 0 fully saturated rings. The van der Waals surface area contributed by atoms with Gasteiger partial charge in [-0.1, -0.05) is 31.5 Å². The highest BCUT2D eigenvalue weighted by Gasteiger charge is 2.01. The molecule has 1 unspecified atom stereocenters. The van der Waals surface area contributed by atoms with Gasteiger partial charge in [-0.2, -0.15) is 0 Å². The quantitative estimate of drug-likeness (QED) is 0.804. The van der Waals surface area contributed by atoms with Gasteiger partial charge in [0.15, 0.2) is 0 Å². The van der Waals surface area contributed by atoms with E-state index in [4.69, 9.17) is 0 Å². The van der Waals surface area contributed by atoms with E-state index in [0.717, 1.165) is 13.1 Å². The van der Waals surface area contributed by atoms with Crippen molar-refractivity contribution in [1.82, 2.24) is 9.88 Å². The average Bonchev–Trinajstić information content (AvgIpc) is 2.73. The number of rotatable bonds is 6. The summed E-state index contributed by atoms with van der Waals surface area (Å²) in [5.41, 5.74) is 1.33. The number of para-hydroxylation sites is 1. The molecular weight excluding hydrogens is 208 g/mol. The van der Waals surface area contributed by atoms with Gasteiger partial charge in [-0.3, -0.25) is 0 Å². The summed E-state index contributed by atoms with van der Waals surface area (Å²) in [5.74, 6) is 0. The van der Waals surface area contributed by atoms with Gasteiger partial charge < -0.3 is 9.88 Å². The normalized spacial score (nSPS) is 13.1. The van der Waals surface area contributed by atoms with Crippen molar-refractivity contribution in [3.8, 4) is 0 Å². The van der Waals surface area contributed by atoms with E-state index in [1.807, 2.05) is 0 Å². The number of nitrogens with zero attached hydrogens (tertiary/aromatic N) is 1. The number of fused-ring (bicyclic) bond motifs is 1. The summed E-state index contributed by atoms with van der Waals surface area (Å²) in [5, 5.41) is 4.89. The van der Waals surface area contributed by atoms with Gasteiger partial charge >= 0.3 is 0 Å². The van der Waals surface area contributed by atoms with E-state index in [-0.39, 0.29) is 0 Å². The van der Waals surface area contributed by atoms with Crippen LogP contribution in [0.25, 0.3) is 10.9 Å². The first-order valence-corrected chi connectivity index (χ1v) is 6.58. The Morgan fingerprint density at radius 3 is 2.88 bits per heavy atom. The molecule has 1 heterocycles. The molecule has 0 radical (unpaired) electrons. The predicted octanol–water partition coefficient (Wildman–Crippen LogP) is 3.42. The lowest BCUT2D eigenvalue weighted by atomic mass is 10.2. The average molecular weight is 230 g/mol. The molecule has 0 saturated carbocycles. The summed E-state index contributed by atoms with van der Waals surface area (Å²) in [4.78, 5) is 0. The molecule has 2 nitrogen and oxygen atoms in total. The number of benzene rings is 1. The van der Waals surface area contributed by atoms with Crippen molar-refractivity contribution in [3.63, 3.8) is 0 Å². The summed E-state index contributed by atoms with van der Waals surface area (Å²) in [6.45, 7) is 6.58. The van der Waals surface area contributed by atoms with Gasteiger partial charge in [0.1, 0.15) is 0 Å². The smallest absolute Gasteiger partial charge is 0.0480 e. The second kappa shape index (κ2) is 5.87. The third kappa shape index (κ3) is 3.10. The van der Waals surface area contributed by atoms with E-state index in [2.05, 4.69) is 60.3 Å². The number of hydrogen-bond donors (Lipinski definition) is 1. The van der Waals surface area contributed by atoms with Crippen LogP contribution >= 0.6 is 0 Å². The molecule has 2 rings (SSSR count). The molecule has 2 heteroatoms. The zero-order valence-electron chi connectivity index (χ0n) is 10.8. The van der Waals surface area contributed by atoms with Crippen molar-refractivity contribution in [2.75, 3.05) is 6.54 Å². The third-order valence-electron chi connectivity index (χ3n) is 3.25. The van der Waals surface area contributed by atoms with E-state index in [9.17, 15) is 0 Å². The highest BCUT2D eigenvalue weighted by molar-refractivity contribution is 5.79. The molecule has 92 valence electrons. The summed E-state index contributed by atoms with van der Waals surface area (Å²) in [6.07, 6.45) is 4.68. The van der Waals surface area contributed by atoms with Crippen LogP contribution in [0.1, 0.15) is 26.7 Å². The maximum Gasteiger partial charge on any atom is 0.0480 e. The lowest BCUT2D eigenvalue weighted by molar-refractivity contribution is 0.489. The van der Waals surface area contributed by atoms with Crippen LogP contribution in [-0.4, -0.2) is 17.2 Å². The zero-order chi connectivity index (χ0) is 12.1. The maximum absolute atomic E-state index is 3.57. The second-order valence-electron chi connectivity index (χ2n) is 4.71. The zero-order valence-corrected chi connectivity index (χ0v) is 10.8. The van der Waals surface area contributed by atoms with E-state index < -0.39 is 0 Å². The molecule has 0 saturated heterocycles. The summed E-state index contributed by atoms with van der Waals surface area (Å²) < 4.78 is 2.32. The lowest BCUT2D eigenvalue weighted by Crippen LogP contribution is -2.29. The van der Waals surface area contributed by atoms with Crippen molar-refractivity contribution in [2.24, 2.45) is 0 Å². The molecule has 0 bridgehead atoms. The van der Waals surface area contributed by atoms with Gasteiger partial charge in [-0.25, -0.2) is 0 Å². The Labute approximate surface area is 104 Å². The minimum absolute atomic E-state index is 0.627. The molecule has 1 aromatic carbocycles. The molecule has 0 aliphatic heterocycles. The van der Waals surface area contributed by atoms with E-state index in [0.29, 0.717) is 6.04 Å². The highest BCUT2D eigenvalue weighted by Crippen LogP contribution is 2.14. The van der Waals surface area contributed by atoms with Crippen LogP contribution in [0, 0.1) is 0 Å². The van der Waals surface area contributed by atoms with Gasteiger partial charge in [0.25, 0.3) is 0 Å². The molecule has 1 atom stereocenters. The molecule has 2 aromatic rings. The second-order valence-corrected chi connectivity index (χ2v) is 4.71. The van der Waals surface area contributed by atoms with Crippen LogP contribution < -0.4 is 5.32 Å². The summed E-state index contributed by atoms with van der Waals surface area (Å²) in [6, 6.07) is 11.4. The minimum atomic E-state index is 0.627. The standard InChI is InChI=1S/C15H22N2/c1-3-6-13(2)16-10-12-17-11-9-14-7-4-5-8-15(14)17/h4-5,7-9,11,13,16H,3,6,10,12H2,1-2H3. The fraction of sp³-hybridized carbons (Fsp3) is 0.467. The topological polar surface area (TPSA) is 17.0 Å². The predicted molar refractivity (Wildman–Crippen MR) is 74.3 cm³/mol. The van der Waals surface area contributed by atoms with Crippen LogP contribution in [0.4, 0.5) is 0 Å². The van der Waals surface area contributed by atoms with Crippen molar-refractivity contribution in [1.29, 1.82) is 0 Å². The first-order valence-electron chi connectivity index (χ1n) is 6.58. The largest absolute Gasteiger partial charge is 0.346 e. The van der Waals surface area contributed by atoms with Crippen LogP contribution in [0.15, 0.2) is 36.5 Å². The summed E-state index contributed by atoms with van der Waals surface area (Å²) in [7, 11) is 0. The maximum atomic E-state index is 3.57. The fourth-order valence-electron chi connectivity index (χ4n) is 2.30. The van der Waals surface area contributed by atoms with Crippen LogP contribution in [0.5, 0.6) is 0 Å². The molecule has 0 aliphatic carbocycles. The fourth-order valence-corrected chi connectivity index (χ4v) is 2.30. The van der Waals surface area contributed by atoms with Crippen LogP contribution in [-0.2, 0) is 6.54 Å². The van der Waals surface area contributed by atoms with Gasteiger partial charge in [-0.05, 0) is 30.9 Å². The Morgan fingerprint density at radius 2 is 2.06 bits per heavy atom. The first kappa shape index (κ1) is 12.2. The Morgan fingerprint density at radius 1 is 1.24 bits per heavy atom. The molecule has 1 N–H and O–H groups in total. The number of aromatic nitrogens is 1. The Bertz CT molecular complexity index is 459. The Balaban J connectivity index is 1.91. The highest BCUT2D eigenvalue weighted by atomic mass is 15.0. The molecule has 0 aliphatic rings. The van der Waals surface area contributed by atoms with Gasteiger partial charge in [0, 0.05) is 30.8 Å². The molecule has 0 spiro atoms. The SMILES string of the molecule is CCCC(C)NCCn1ccc2ccccc21. The van der Waals surface area contributed by atoms with Crippen LogP contribution in [0.2, 0.25) is 0 Å². The van der Waals surface area contributed by atoms with Crippen molar-refractivity contribution in [2.45, 2.75) is 39.3 Å². The lowest BCUT2D eigenvalue weighted by Gasteiger charge is -2.13. The van der Waals surface area contributed by atoms with E-state index in [1.54, 1.807) is 0 Å². The molecule has 1 aromatic heterocycles. The van der Waals surface area contributed by atoms with E-state index in [1.165, 1.54) is 23.7 Å². The number of nitrogens with one attached hydrogen (secondary N) is 1. The Hall–Kier alpha value is -1.28. The van der Waals surface area contributed by atoms with Gasteiger partial charge in [0.05, 0.1) is 0 Å². The monoisotopic (exact) mass is 230 g/mol. The minimum Gasteiger partial charge on any atom is -0.346 e. The van der Waals surface area contributed by atoms with Gasteiger partial charge in [-0.15, -0.1) is 0 Å².